The van der Waals surface area contributed by atoms with Gasteiger partial charge in [0.05, 0.1) is 44.0 Å². The first-order valence-electron chi connectivity index (χ1n) is 12.4. The van der Waals surface area contributed by atoms with Crippen LogP contribution in [0.5, 0.6) is 17.2 Å². The van der Waals surface area contributed by atoms with Crippen molar-refractivity contribution < 1.29 is 19.0 Å². The molecule has 1 aromatic heterocycles. The molecule has 0 aliphatic rings. The highest BCUT2D eigenvalue weighted by Gasteiger charge is 2.29. The molecular weight excluding hydrogens is 482 g/mol. The molecule has 1 amide bonds. The van der Waals surface area contributed by atoms with E-state index in [2.05, 4.69) is 0 Å². The summed E-state index contributed by atoms with van der Waals surface area (Å²) in [5.41, 5.74) is 3.54. The van der Waals surface area contributed by atoms with Gasteiger partial charge in [-0.15, -0.1) is 0 Å². The van der Waals surface area contributed by atoms with E-state index >= 15 is 0 Å². The second-order valence-electron chi connectivity index (χ2n) is 9.17. The maximum Gasteiger partial charge on any atom is 0.266 e. The summed E-state index contributed by atoms with van der Waals surface area (Å²) in [5, 5.41) is 0.518. The van der Waals surface area contributed by atoms with Crippen molar-refractivity contribution in [3.8, 4) is 22.9 Å². The molecule has 4 aromatic rings. The van der Waals surface area contributed by atoms with E-state index in [1.807, 2.05) is 57.2 Å². The van der Waals surface area contributed by atoms with Crippen molar-refractivity contribution in [2.24, 2.45) is 0 Å². The average molecular weight is 516 g/mol. The Bertz CT molecular complexity index is 1530. The number of hydrogen-bond acceptors (Lipinski definition) is 6. The normalized spacial score (nSPS) is 11.8. The molecule has 0 radical (unpaired) electrons. The molecule has 0 aliphatic carbocycles. The lowest BCUT2D eigenvalue weighted by molar-refractivity contribution is 0.0716. The fraction of sp³-hybridized carbons (Fsp3) is 0.300. The van der Waals surface area contributed by atoms with Crippen molar-refractivity contribution in [1.82, 2.24) is 14.5 Å². The van der Waals surface area contributed by atoms with Gasteiger partial charge in [0, 0.05) is 12.6 Å². The topological polar surface area (TPSA) is 82.9 Å². The van der Waals surface area contributed by atoms with E-state index < -0.39 is 6.04 Å². The van der Waals surface area contributed by atoms with E-state index in [4.69, 9.17) is 19.2 Å². The molecule has 8 nitrogen and oxygen atoms in total. The van der Waals surface area contributed by atoms with Crippen LogP contribution in [-0.2, 0) is 0 Å². The summed E-state index contributed by atoms with van der Waals surface area (Å²) in [4.78, 5) is 34.2. The van der Waals surface area contributed by atoms with Crippen molar-refractivity contribution in [1.29, 1.82) is 0 Å². The third-order valence-corrected chi connectivity index (χ3v) is 6.78. The second-order valence-corrected chi connectivity index (χ2v) is 9.17. The summed E-state index contributed by atoms with van der Waals surface area (Å²) in [6.45, 7) is 5.95. The zero-order valence-corrected chi connectivity index (χ0v) is 22.9. The third-order valence-electron chi connectivity index (χ3n) is 6.78. The number of hydrogen-bond donors (Lipinski definition) is 0. The van der Waals surface area contributed by atoms with Gasteiger partial charge in [0.15, 0.2) is 11.5 Å². The van der Waals surface area contributed by atoms with Crippen LogP contribution in [0.3, 0.4) is 0 Å². The highest BCUT2D eigenvalue weighted by Crippen LogP contribution is 2.39. The van der Waals surface area contributed by atoms with Crippen LogP contribution < -0.4 is 19.8 Å². The number of benzene rings is 3. The number of nitrogens with zero attached hydrogens (tertiary/aromatic N) is 3. The Hall–Kier alpha value is -4.33. The highest BCUT2D eigenvalue weighted by molar-refractivity contribution is 5.95. The van der Waals surface area contributed by atoms with Gasteiger partial charge in [-0.3, -0.25) is 14.2 Å². The summed E-state index contributed by atoms with van der Waals surface area (Å²) in [5.74, 6) is 1.39. The van der Waals surface area contributed by atoms with Crippen molar-refractivity contribution in [2.45, 2.75) is 33.2 Å². The van der Waals surface area contributed by atoms with Crippen LogP contribution in [0.4, 0.5) is 0 Å². The number of amides is 1. The Balaban J connectivity index is 1.90. The minimum absolute atomic E-state index is 0.176. The number of ether oxygens (including phenoxy) is 3. The molecule has 1 heterocycles. The van der Waals surface area contributed by atoms with Crippen LogP contribution in [0.25, 0.3) is 16.6 Å². The summed E-state index contributed by atoms with van der Waals surface area (Å²) < 4.78 is 18.0. The van der Waals surface area contributed by atoms with Gasteiger partial charge >= 0.3 is 0 Å². The lowest BCUT2D eigenvalue weighted by Gasteiger charge is -2.30. The number of carbonyl (C=O) groups excluding carboxylic acids is 1. The predicted octanol–water partition coefficient (Wildman–Crippen LogP) is 5.25. The largest absolute Gasteiger partial charge is 0.493 e. The molecule has 4 rings (SSSR count). The molecule has 3 aromatic carbocycles. The van der Waals surface area contributed by atoms with Gasteiger partial charge in [-0.05, 0) is 56.2 Å². The van der Waals surface area contributed by atoms with Gasteiger partial charge in [0.25, 0.3) is 11.5 Å². The zero-order chi connectivity index (χ0) is 27.6. The summed E-state index contributed by atoms with van der Waals surface area (Å²) in [6.07, 6.45) is 0.530. The molecule has 198 valence electrons. The Kier molecular flexibility index (Phi) is 7.71. The molecule has 1 unspecified atom stereocenters. The Morgan fingerprint density at radius 1 is 0.974 bits per heavy atom. The number of rotatable bonds is 8. The molecular formula is C30H33N3O5. The second kappa shape index (κ2) is 11.0. The maximum absolute atomic E-state index is 13.9. The molecule has 1 atom stereocenters. The predicted molar refractivity (Wildman–Crippen MR) is 148 cm³/mol. The molecule has 0 bridgehead atoms. The lowest BCUT2D eigenvalue weighted by atomic mass is 10.1. The third kappa shape index (κ3) is 4.69. The van der Waals surface area contributed by atoms with Crippen molar-refractivity contribution in [3.63, 3.8) is 0 Å². The Morgan fingerprint density at radius 3 is 2.21 bits per heavy atom. The number of aryl methyl sites for hydroxylation is 2. The average Bonchev–Trinajstić information content (AvgIpc) is 2.92. The molecule has 8 heteroatoms. The van der Waals surface area contributed by atoms with E-state index in [1.54, 1.807) is 34.7 Å². The fourth-order valence-electron chi connectivity index (χ4n) is 4.84. The van der Waals surface area contributed by atoms with E-state index in [0.717, 1.165) is 16.8 Å². The number of carbonyl (C=O) groups is 1. The van der Waals surface area contributed by atoms with Crippen molar-refractivity contribution in [2.75, 3.05) is 28.4 Å². The molecule has 0 aliphatic heterocycles. The standard InChI is InChI=1S/C30H33N3O5/c1-8-23(32(4)29(34)20-16-25(36-5)27(38-7)26(17-20)37-6)28-31-22-12-10-9-11-21(22)30(35)33(28)24-14-13-18(2)15-19(24)3/h9-17,23H,8H2,1-7H3. The van der Waals surface area contributed by atoms with Crippen LogP contribution in [0.1, 0.15) is 46.7 Å². The smallest absolute Gasteiger partial charge is 0.266 e. The van der Waals surface area contributed by atoms with Gasteiger partial charge in [-0.25, -0.2) is 4.98 Å². The van der Waals surface area contributed by atoms with Crippen LogP contribution >= 0.6 is 0 Å². The first-order chi connectivity index (χ1) is 18.2. The van der Waals surface area contributed by atoms with E-state index in [-0.39, 0.29) is 11.5 Å². The Morgan fingerprint density at radius 2 is 1.63 bits per heavy atom. The molecule has 38 heavy (non-hydrogen) atoms. The molecule has 0 saturated heterocycles. The van der Waals surface area contributed by atoms with Gasteiger partial charge < -0.3 is 19.1 Å². The summed E-state index contributed by atoms with van der Waals surface area (Å²) >= 11 is 0. The minimum Gasteiger partial charge on any atom is -0.493 e. The number of methoxy groups -OCH3 is 3. The van der Waals surface area contributed by atoms with Gasteiger partial charge in [0.1, 0.15) is 5.82 Å². The minimum atomic E-state index is -0.500. The first-order valence-corrected chi connectivity index (χ1v) is 12.4. The van der Waals surface area contributed by atoms with E-state index in [1.165, 1.54) is 21.3 Å². The van der Waals surface area contributed by atoms with Gasteiger partial charge in [-0.1, -0.05) is 36.8 Å². The van der Waals surface area contributed by atoms with Crippen molar-refractivity contribution in [3.05, 3.63) is 87.5 Å². The summed E-state index contributed by atoms with van der Waals surface area (Å²) in [7, 11) is 6.24. The fourth-order valence-corrected chi connectivity index (χ4v) is 4.84. The number of fused-ring (bicyclic) bond motifs is 1. The summed E-state index contributed by atoms with van der Waals surface area (Å²) in [6, 6.07) is 16.0. The Labute approximate surface area is 222 Å². The molecule has 0 fully saturated rings. The monoisotopic (exact) mass is 515 g/mol. The number of aromatic nitrogens is 2. The quantitative estimate of drug-likeness (QED) is 0.319. The van der Waals surface area contributed by atoms with E-state index in [0.29, 0.717) is 46.0 Å². The van der Waals surface area contributed by atoms with Crippen LogP contribution in [0.2, 0.25) is 0 Å². The van der Waals surface area contributed by atoms with Crippen LogP contribution in [-0.4, -0.2) is 48.7 Å². The van der Waals surface area contributed by atoms with Crippen molar-refractivity contribution >= 4 is 16.8 Å². The molecule has 0 spiro atoms. The van der Waals surface area contributed by atoms with Crippen LogP contribution in [0, 0.1) is 13.8 Å². The highest BCUT2D eigenvalue weighted by atomic mass is 16.5. The lowest BCUT2D eigenvalue weighted by Crippen LogP contribution is -2.36. The molecule has 0 saturated carbocycles. The molecule has 0 N–H and O–H groups in total. The van der Waals surface area contributed by atoms with Crippen LogP contribution in [0.15, 0.2) is 59.4 Å². The number of para-hydroxylation sites is 1. The SMILES string of the molecule is CCC(c1nc2ccccc2c(=O)n1-c1ccc(C)cc1C)N(C)C(=O)c1cc(OC)c(OC)c(OC)c1. The first kappa shape index (κ1) is 26.7. The maximum atomic E-state index is 13.9. The van der Waals surface area contributed by atoms with Gasteiger partial charge in [-0.2, -0.15) is 0 Å². The van der Waals surface area contributed by atoms with Gasteiger partial charge in [0.2, 0.25) is 5.75 Å². The van der Waals surface area contributed by atoms with E-state index in [9.17, 15) is 9.59 Å². The zero-order valence-electron chi connectivity index (χ0n) is 22.9.